The van der Waals surface area contributed by atoms with Crippen LogP contribution in [0, 0.1) is 5.92 Å². The van der Waals surface area contributed by atoms with Gasteiger partial charge in [-0.05, 0) is 63.2 Å². The maximum Gasteiger partial charge on any atom is 0.238 e. The van der Waals surface area contributed by atoms with E-state index in [1.165, 1.54) is 25.7 Å². The van der Waals surface area contributed by atoms with Gasteiger partial charge in [-0.1, -0.05) is 12.8 Å². The summed E-state index contributed by atoms with van der Waals surface area (Å²) >= 11 is 0. The number of likely N-dealkylation sites (tertiary alicyclic amines) is 1. The zero-order valence-corrected chi connectivity index (χ0v) is 17.2. The minimum atomic E-state index is 0. The number of nitrogens with zero attached hydrogens (tertiary/aromatic N) is 1. The molecule has 1 aromatic carbocycles. The molecule has 152 valence electrons. The van der Waals surface area contributed by atoms with Gasteiger partial charge in [-0.2, -0.15) is 0 Å². The zero-order valence-electron chi connectivity index (χ0n) is 15.5. The molecule has 3 rings (SSSR count). The largest absolute Gasteiger partial charge is 0.326 e. The molecule has 2 aliphatic rings. The quantitative estimate of drug-likeness (QED) is 0.689. The number of hydrogen-bond acceptors (Lipinski definition) is 4. The fourth-order valence-electron chi connectivity index (χ4n) is 3.46. The molecule has 0 radical (unpaired) electrons. The van der Waals surface area contributed by atoms with E-state index in [0.29, 0.717) is 6.54 Å². The lowest BCUT2D eigenvalue weighted by Gasteiger charge is -2.19. The van der Waals surface area contributed by atoms with Crippen molar-refractivity contribution in [2.75, 3.05) is 43.4 Å². The lowest BCUT2D eigenvalue weighted by Crippen LogP contribution is -2.33. The number of amides is 2. The summed E-state index contributed by atoms with van der Waals surface area (Å²) in [7, 11) is 0. The Morgan fingerprint density at radius 1 is 0.963 bits per heavy atom. The molecule has 2 amide bonds. The molecule has 1 unspecified atom stereocenters. The zero-order chi connectivity index (χ0) is 17.5. The molecule has 0 saturated carbocycles. The lowest BCUT2D eigenvalue weighted by atomic mass is 10.1. The predicted octanol–water partition coefficient (Wildman–Crippen LogP) is 2.89. The number of hydrogen-bond donors (Lipinski definition) is 3. The number of nitrogens with one attached hydrogen (secondary N) is 3. The maximum absolute atomic E-state index is 12.2. The third kappa shape index (κ3) is 7.66. The number of benzene rings is 1. The van der Waals surface area contributed by atoms with E-state index < -0.39 is 0 Å². The smallest absolute Gasteiger partial charge is 0.238 e. The number of anilines is 2. The second-order valence-electron chi connectivity index (χ2n) is 6.99. The topological polar surface area (TPSA) is 73.5 Å². The van der Waals surface area contributed by atoms with E-state index in [4.69, 9.17) is 0 Å². The Labute approximate surface area is 173 Å². The summed E-state index contributed by atoms with van der Waals surface area (Å²) < 4.78 is 0. The first-order valence-electron chi connectivity index (χ1n) is 9.34. The average molecular weight is 417 g/mol. The number of carbonyl (C=O) groups excluding carboxylic acids is 2. The molecule has 2 heterocycles. The summed E-state index contributed by atoms with van der Waals surface area (Å²) in [4.78, 5) is 26.5. The van der Waals surface area contributed by atoms with Crippen molar-refractivity contribution in [3.05, 3.63) is 24.3 Å². The van der Waals surface area contributed by atoms with Crippen molar-refractivity contribution in [3.8, 4) is 0 Å². The fourth-order valence-corrected chi connectivity index (χ4v) is 3.46. The molecule has 6 nitrogen and oxygen atoms in total. The van der Waals surface area contributed by atoms with E-state index in [-0.39, 0.29) is 42.5 Å². The molecule has 2 saturated heterocycles. The molecule has 0 aromatic heterocycles. The summed E-state index contributed by atoms with van der Waals surface area (Å²) in [5, 5.41) is 9.07. The standard InChI is InChI=1S/C19H28N4O2.2ClH/c24-18(14-23-11-3-1-2-4-12-23)21-16-5-7-17(8-6-16)22-19(25)15-9-10-20-13-15;;/h5-8,15,20H,1-4,9-14H2,(H,21,24)(H,22,25);2*1H. The molecule has 1 atom stereocenters. The highest BCUT2D eigenvalue weighted by molar-refractivity contribution is 5.94. The van der Waals surface area contributed by atoms with Gasteiger partial charge in [0, 0.05) is 17.9 Å². The van der Waals surface area contributed by atoms with Crippen LogP contribution in [0.4, 0.5) is 11.4 Å². The van der Waals surface area contributed by atoms with Gasteiger partial charge in [-0.3, -0.25) is 14.5 Å². The van der Waals surface area contributed by atoms with Gasteiger partial charge in [0.2, 0.25) is 11.8 Å². The van der Waals surface area contributed by atoms with Crippen LogP contribution in [0.1, 0.15) is 32.1 Å². The predicted molar refractivity (Wildman–Crippen MR) is 114 cm³/mol. The van der Waals surface area contributed by atoms with E-state index >= 15 is 0 Å². The minimum Gasteiger partial charge on any atom is -0.326 e. The molecule has 1 aromatic rings. The summed E-state index contributed by atoms with van der Waals surface area (Å²) in [6.45, 7) is 4.12. The molecule has 3 N–H and O–H groups in total. The first-order valence-corrected chi connectivity index (χ1v) is 9.34. The van der Waals surface area contributed by atoms with Crippen LogP contribution in [0.15, 0.2) is 24.3 Å². The van der Waals surface area contributed by atoms with E-state index in [1.807, 2.05) is 24.3 Å². The highest BCUT2D eigenvalue weighted by Crippen LogP contribution is 2.16. The Balaban J connectivity index is 0.00000182. The van der Waals surface area contributed by atoms with Crippen LogP contribution < -0.4 is 16.0 Å². The first kappa shape index (κ1) is 23.7. The average Bonchev–Trinajstić information content (AvgIpc) is 3.03. The minimum absolute atomic E-state index is 0. The lowest BCUT2D eigenvalue weighted by molar-refractivity contribution is -0.119. The molecule has 0 spiro atoms. The molecule has 0 aliphatic carbocycles. The number of carbonyl (C=O) groups is 2. The molecule has 27 heavy (non-hydrogen) atoms. The SMILES string of the molecule is Cl.Cl.O=C(CN1CCCCCC1)Nc1ccc(NC(=O)C2CCNC2)cc1. The van der Waals surface area contributed by atoms with Crippen molar-refractivity contribution in [3.63, 3.8) is 0 Å². The molecule has 2 aliphatic heterocycles. The van der Waals surface area contributed by atoms with Crippen LogP contribution in [0.3, 0.4) is 0 Å². The monoisotopic (exact) mass is 416 g/mol. The van der Waals surface area contributed by atoms with Crippen LogP contribution in [-0.2, 0) is 9.59 Å². The van der Waals surface area contributed by atoms with Crippen LogP contribution in [-0.4, -0.2) is 49.4 Å². The molecule has 8 heteroatoms. The summed E-state index contributed by atoms with van der Waals surface area (Å²) in [6, 6.07) is 7.34. The van der Waals surface area contributed by atoms with Crippen molar-refractivity contribution in [2.24, 2.45) is 5.92 Å². The second-order valence-corrected chi connectivity index (χ2v) is 6.99. The fraction of sp³-hybridized carbons (Fsp3) is 0.579. The van der Waals surface area contributed by atoms with Gasteiger partial charge >= 0.3 is 0 Å². The van der Waals surface area contributed by atoms with Crippen molar-refractivity contribution < 1.29 is 9.59 Å². The normalized spacial score (nSPS) is 19.9. The van der Waals surface area contributed by atoms with Crippen molar-refractivity contribution >= 4 is 48.0 Å². The first-order chi connectivity index (χ1) is 12.2. The maximum atomic E-state index is 12.2. The van der Waals surface area contributed by atoms with Crippen LogP contribution in [0.2, 0.25) is 0 Å². The number of rotatable bonds is 5. The van der Waals surface area contributed by atoms with E-state index in [2.05, 4.69) is 20.9 Å². The Kier molecular flexibility index (Phi) is 10.7. The van der Waals surface area contributed by atoms with Gasteiger partial charge in [0.1, 0.15) is 0 Å². The van der Waals surface area contributed by atoms with Gasteiger partial charge in [0.05, 0.1) is 12.5 Å². The van der Waals surface area contributed by atoms with Crippen molar-refractivity contribution in [1.82, 2.24) is 10.2 Å². The van der Waals surface area contributed by atoms with E-state index in [9.17, 15) is 9.59 Å². The second kappa shape index (κ2) is 12.2. The third-order valence-corrected chi connectivity index (χ3v) is 4.93. The van der Waals surface area contributed by atoms with Gasteiger partial charge in [-0.25, -0.2) is 0 Å². The Morgan fingerprint density at radius 2 is 1.56 bits per heavy atom. The Bertz CT molecular complexity index is 584. The van der Waals surface area contributed by atoms with E-state index in [0.717, 1.165) is 44.0 Å². The molecular weight excluding hydrogens is 387 g/mol. The molecule has 0 bridgehead atoms. The third-order valence-electron chi connectivity index (χ3n) is 4.93. The highest BCUT2D eigenvalue weighted by atomic mass is 35.5. The van der Waals surface area contributed by atoms with Crippen molar-refractivity contribution in [2.45, 2.75) is 32.1 Å². The van der Waals surface area contributed by atoms with Gasteiger partial charge < -0.3 is 16.0 Å². The number of halogens is 2. The van der Waals surface area contributed by atoms with Crippen molar-refractivity contribution in [1.29, 1.82) is 0 Å². The molecular formula is C19H30Cl2N4O2. The van der Waals surface area contributed by atoms with Gasteiger partial charge in [0.25, 0.3) is 0 Å². The van der Waals surface area contributed by atoms with Gasteiger partial charge in [0.15, 0.2) is 0 Å². The summed E-state index contributed by atoms with van der Waals surface area (Å²) in [6.07, 6.45) is 5.78. The highest BCUT2D eigenvalue weighted by Gasteiger charge is 2.22. The Hall–Kier alpha value is -1.34. The van der Waals surface area contributed by atoms with Gasteiger partial charge in [-0.15, -0.1) is 24.8 Å². The van der Waals surface area contributed by atoms with Crippen LogP contribution in [0.5, 0.6) is 0 Å². The summed E-state index contributed by atoms with van der Waals surface area (Å²) in [5.41, 5.74) is 1.53. The van der Waals surface area contributed by atoms with E-state index in [1.54, 1.807) is 0 Å². The van der Waals surface area contributed by atoms with Crippen LogP contribution in [0.25, 0.3) is 0 Å². The molecule has 2 fully saturated rings. The van der Waals surface area contributed by atoms with Crippen LogP contribution >= 0.6 is 24.8 Å². The Morgan fingerprint density at radius 3 is 2.11 bits per heavy atom. The summed E-state index contributed by atoms with van der Waals surface area (Å²) in [5.74, 6) is 0.131.